The van der Waals surface area contributed by atoms with Crippen molar-refractivity contribution in [3.05, 3.63) is 121 Å². The Balaban J connectivity index is 0.000000355. The van der Waals surface area contributed by atoms with E-state index in [0.717, 1.165) is 86.0 Å². The summed E-state index contributed by atoms with van der Waals surface area (Å²) in [5.41, 5.74) is 5.65. The fraction of sp³-hybridized carbons (Fsp3) is 0.373. The Kier molecular flexibility index (Phi) is 13.3. The molecule has 0 aliphatic carbocycles. The number of alkyl halides is 3. The van der Waals surface area contributed by atoms with E-state index in [2.05, 4.69) is 75.5 Å². The molecule has 315 valence electrons. The smallest absolute Gasteiger partial charge is 0.394 e. The first-order valence-corrected chi connectivity index (χ1v) is 20.7. The van der Waals surface area contributed by atoms with Gasteiger partial charge in [-0.05, 0) is 60.6 Å². The SMILES string of the molecule is CCC(CC)C(=O)/C=C(\O)C(CC)CC.[CH2-]c1c(-c2c3c(cc[n+]2[CH2-])c2ccc(CC(C)(C)C(F)(F)F)c4c5ccccc5n3c24)cc(C(C)(C)C)c2ccccc12.[Ir]. The second kappa shape index (κ2) is 17.2. The number of aromatic nitrogens is 2. The number of para-hydroxylation sites is 1. The standard InChI is InChI=1S/C38H34F3N2.C13H24O2.Ir/c1-22-24-12-8-9-13-25(24)30(36(2,3)4)20-29(22)34-35-27(18-19-42(34)7)26-17-16-23(21-37(5,6)38(39,40)41)32-28-14-10-11-15-31(28)43(35)33(26)32;1-5-10(6-2)12(14)9-13(15)11(7-3)8-4;/h8-20H,1,7,21H2,2-6H3;9-11,14H,5-8H2,1-4H3;/q-1;;/b;12-9-;. The van der Waals surface area contributed by atoms with E-state index in [4.69, 9.17) is 0 Å². The number of allylic oxidation sites excluding steroid dienone is 2. The van der Waals surface area contributed by atoms with Gasteiger partial charge in [0.2, 0.25) is 0 Å². The van der Waals surface area contributed by atoms with Crippen molar-refractivity contribution in [2.75, 3.05) is 0 Å². The van der Waals surface area contributed by atoms with Crippen molar-refractivity contribution in [2.24, 2.45) is 17.3 Å². The number of carbonyl (C=O) groups excluding carboxylic acids is 1. The van der Waals surface area contributed by atoms with Crippen LogP contribution in [0.15, 0.2) is 90.8 Å². The topological polar surface area (TPSA) is 45.6 Å². The number of benzene rings is 4. The zero-order valence-electron chi connectivity index (χ0n) is 35.9. The third-order valence-corrected chi connectivity index (χ3v) is 12.3. The first kappa shape index (κ1) is 45.6. The summed E-state index contributed by atoms with van der Waals surface area (Å²) in [5.74, 6) is 0.547. The predicted molar refractivity (Wildman–Crippen MR) is 236 cm³/mol. The maximum absolute atomic E-state index is 14.1. The van der Waals surface area contributed by atoms with Gasteiger partial charge in [-0.15, -0.1) is 23.1 Å². The number of aliphatic hydroxyl groups is 1. The van der Waals surface area contributed by atoms with Crippen LogP contribution in [0, 0.1) is 31.2 Å². The van der Waals surface area contributed by atoms with Crippen LogP contribution in [0.3, 0.4) is 0 Å². The quantitative estimate of drug-likeness (QED) is 0.0642. The maximum Gasteiger partial charge on any atom is 0.394 e. The van der Waals surface area contributed by atoms with Crippen molar-refractivity contribution >= 4 is 54.7 Å². The zero-order valence-corrected chi connectivity index (χ0v) is 38.3. The summed E-state index contributed by atoms with van der Waals surface area (Å²) in [4.78, 5) is 11.7. The number of pyridine rings is 1. The van der Waals surface area contributed by atoms with Crippen molar-refractivity contribution in [3.8, 4) is 11.3 Å². The van der Waals surface area contributed by atoms with Crippen molar-refractivity contribution in [1.82, 2.24) is 4.40 Å². The molecule has 59 heavy (non-hydrogen) atoms. The molecule has 0 saturated heterocycles. The normalized spacial score (nSPS) is 12.9. The van der Waals surface area contributed by atoms with Crippen LogP contribution < -0.4 is 4.57 Å². The molecule has 0 unspecified atom stereocenters. The van der Waals surface area contributed by atoms with Crippen molar-refractivity contribution in [1.29, 1.82) is 0 Å². The molecular formula is C51H58F3IrN2O2-. The molecule has 0 aliphatic heterocycles. The van der Waals surface area contributed by atoms with E-state index >= 15 is 0 Å². The second-order valence-electron chi connectivity index (χ2n) is 17.5. The van der Waals surface area contributed by atoms with Crippen LogP contribution in [0.25, 0.3) is 60.1 Å². The van der Waals surface area contributed by atoms with E-state index in [0.29, 0.717) is 5.56 Å². The average molecular weight is 980 g/mol. The summed E-state index contributed by atoms with van der Waals surface area (Å²) in [6, 6.07) is 24.6. The number of hydrogen-bond donors (Lipinski definition) is 1. The first-order valence-electron chi connectivity index (χ1n) is 20.7. The predicted octanol–water partition coefficient (Wildman–Crippen LogP) is 14.1. The van der Waals surface area contributed by atoms with E-state index in [-0.39, 0.29) is 55.3 Å². The summed E-state index contributed by atoms with van der Waals surface area (Å²) >= 11 is 0. The Labute approximate surface area is 361 Å². The number of aliphatic hydroxyl groups excluding tert-OH is 1. The van der Waals surface area contributed by atoms with Gasteiger partial charge in [0.15, 0.2) is 5.78 Å². The molecule has 0 bridgehead atoms. The Hall–Kier alpha value is -4.52. The van der Waals surface area contributed by atoms with E-state index in [1.54, 1.807) is 0 Å². The van der Waals surface area contributed by atoms with E-state index in [9.17, 15) is 23.1 Å². The monoisotopic (exact) mass is 980 g/mol. The summed E-state index contributed by atoms with van der Waals surface area (Å²) in [7, 11) is 4.42. The van der Waals surface area contributed by atoms with Crippen LogP contribution >= 0.6 is 0 Å². The van der Waals surface area contributed by atoms with Crippen LogP contribution in [0.2, 0.25) is 0 Å². The number of nitrogens with zero attached hydrogens (tertiary/aromatic N) is 2. The van der Waals surface area contributed by atoms with Crippen LogP contribution in [0.1, 0.15) is 105 Å². The van der Waals surface area contributed by atoms with Gasteiger partial charge in [-0.1, -0.05) is 122 Å². The summed E-state index contributed by atoms with van der Waals surface area (Å²) in [5, 5.41) is 15.9. The molecular weight excluding hydrogens is 922 g/mol. The molecule has 4 nitrogen and oxygen atoms in total. The molecule has 0 aliphatic rings. The molecule has 0 saturated carbocycles. The molecule has 7 aromatic rings. The minimum Gasteiger partial charge on any atom is -0.512 e. The minimum absolute atomic E-state index is 0. The average Bonchev–Trinajstić information content (AvgIpc) is 3.68. The molecule has 3 heterocycles. The van der Waals surface area contributed by atoms with Gasteiger partial charge >= 0.3 is 6.18 Å². The van der Waals surface area contributed by atoms with Gasteiger partial charge in [0.05, 0.1) is 39.6 Å². The molecule has 1 radical (unpaired) electrons. The molecule has 7 rings (SSSR count). The van der Waals surface area contributed by atoms with Gasteiger partial charge in [-0.2, -0.15) is 25.7 Å². The molecule has 4 aromatic carbocycles. The van der Waals surface area contributed by atoms with Crippen molar-refractivity contribution in [3.63, 3.8) is 0 Å². The van der Waals surface area contributed by atoms with Gasteiger partial charge in [-0.3, -0.25) is 4.79 Å². The van der Waals surface area contributed by atoms with Gasteiger partial charge in [-0.25, -0.2) is 0 Å². The Morgan fingerprint density at radius 2 is 1.34 bits per heavy atom. The molecule has 0 fully saturated rings. The van der Waals surface area contributed by atoms with Crippen LogP contribution in [0.4, 0.5) is 13.2 Å². The Bertz CT molecular complexity index is 2660. The number of halogens is 3. The third kappa shape index (κ3) is 8.20. The summed E-state index contributed by atoms with van der Waals surface area (Å²) in [6.45, 7) is 21.9. The molecule has 0 spiro atoms. The first-order chi connectivity index (χ1) is 27.3. The molecule has 0 atom stereocenters. The molecule has 1 N–H and O–H groups in total. The second-order valence-corrected chi connectivity index (χ2v) is 17.5. The number of ketones is 1. The largest absolute Gasteiger partial charge is 0.512 e. The zero-order chi connectivity index (χ0) is 42.5. The van der Waals surface area contributed by atoms with Gasteiger partial charge in [0.1, 0.15) is 0 Å². The number of hydrogen-bond acceptors (Lipinski definition) is 2. The maximum atomic E-state index is 14.1. The van der Waals surface area contributed by atoms with Crippen LogP contribution in [-0.4, -0.2) is 21.5 Å². The van der Waals surface area contributed by atoms with E-state index < -0.39 is 11.6 Å². The van der Waals surface area contributed by atoms with Gasteiger partial charge in [0, 0.05) is 61.2 Å². The van der Waals surface area contributed by atoms with E-state index in [1.165, 1.54) is 30.9 Å². The van der Waals surface area contributed by atoms with E-state index in [1.807, 2.05) is 74.9 Å². The molecule has 8 heteroatoms. The summed E-state index contributed by atoms with van der Waals surface area (Å²) < 4.78 is 46.4. The van der Waals surface area contributed by atoms with Crippen LogP contribution in [-0.2, 0) is 36.7 Å². The third-order valence-electron chi connectivity index (χ3n) is 12.3. The number of fused-ring (bicyclic) bond motifs is 7. The van der Waals surface area contributed by atoms with Gasteiger partial charge < -0.3 is 14.1 Å². The summed E-state index contributed by atoms with van der Waals surface area (Å²) in [6.07, 6.45) is 2.45. The Morgan fingerprint density at radius 1 is 0.780 bits per heavy atom. The number of rotatable bonds is 10. The molecule has 0 amide bonds. The van der Waals surface area contributed by atoms with Crippen LogP contribution in [0.5, 0.6) is 0 Å². The number of carbonyl (C=O) groups is 1. The van der Waals surface area contributed by atoms with Gasteiger partial charge in [0.25, 0.3) is 0 Å². The minimum atomic E-state index is -4.32. The van der Waals surface area contributed by atoms with Crippen molar-refractivity contribution < 1.29 is 47.7 Å². The fourth-order valence-electron chi connectivity index (χ4n) is 8.69. The fourth-order valence-corrected chi connectivity index (χ4v) is 8.69. The Morgan fingerprint density at radius 3 is 1.92 bits per heavy atom. The molecule has 3 aromatic heterocycles. The van der Waals surface area contributed by atoms with Crippen molar-refractivity contribution in [2.45, 2.75) is 106 Å².